The van der Waals surface area contributed by atoms with Crippen LogP contribution < -0.4 is 5.32 Å². The number of aryl methyl sites for hydroxylation is 3. The van der Waals surface area contributed by atoms with Crippen LogP contribution in [0.2, 0.25) is 0 Å². The number of likely N-dealkylation sites (N-methyl/N-ethyl adjacent to an activating group) is 1. The van der Waals surface area contributed by atoms with Crippen LogP contribution in [-0.2, 0) is 6.42 Å². The van der Waals surface area contributed by atoms with Gasteiger partial charge in [0.2, 0.25) is 0 Å². The predicted molar refractivity (Wildman–Crippen MR) is 70.5 cm³/mol. The van der Waals surface area contributed by atoms with Crippen LogP contribution in [0.15, 0.2) is 16.7 Å². The summed E-state index contributed by atoms with van der Waals surface area (Å²) in [5, 5.41) is 4.46. The molecule has 0 saturated heterocycles. The van der Waals surface area contributed by atoms with E-state index in [2.05, 4.69) is 31.1 Å². The van der Waals surface area contributed by atoms with E-state index >= 15 is 0 Å². The van der Waals surface area contributed by atoms with Crippen molar-refractivity contribution in [3.63, 3.8) is 0 Å². The lowest BCUT2D eigenvalue weighted by molar-refractivity contribution is 0.426. The normalized spacial score (nSPS) is 12.9. The third-order valence-corrected chi connectivity index (χ3v) is 4.11. The first kappa shape index (κ1) is 12.3. The van der Waals surface area contributed by atoms with Crippen LogP contribution in [0.3, 0.4) is 0 Å². The molecule has 0 aromatic carbocycles. The molecule has 0 aliphatic carbocycles. The minimum atomic E-state index is 0.204. The SMILES string of the molecule is CNC(Cc1nc(C)c(C)s1)c1occc1C. The molecule has 1 unspecified atom stereocenters. The maximum atomic E-state index is 5.54. The number of furan rings is 1. The van der Waals surface area contributed by atoms with Crippen LogP contribution in [0.25, 0.3) is 0 Å². The molecular formula is C13H18N2OS. The zero-order valence-electron chi connectivity index (χ0n) is 10.7. The van der Waals surface area contributed by atoms with Crippen LogP contribution in [0.4, 0.5) is 0 Å². The Balaban J connectivity index is 2.18. The van der Waals surface area contributed by atoms with E-state index in [9.17, 15) is 0 Å². The molecule has 0 aliphatic heterocycles. The van der Waals surface area contributed by atoms with Crippen molar-refractivity contribution in [2.24, 2.45) is 0 Å². The van der Waals surface area contributed by atoms with Crippen LogP contribution in [0.1, 0.15) is 32.9 Å². The number of thiazole rings is 1. The molecule has 4 heteroatoms. The number of aromatic nitrogens is 1. The minimum Gasteiger partial charge on any atom is -0.467 e. The summed E-state index contributed by atoms with van der Waals surface area (Å²) in [6, 6.07) is 2.20. The van der Waals surface area contributed by atoms with Crippen molar-refractivity contribution < 1.29 is 4.42 Å². The fourth-order valence-corrected chi connectivity index (χ4v) is 2.85. The van der Waals surface area contributed by atoms with Crippen molar-refractivity contribution in [2.45, 2.75) is 33.2 Å². The fourth-order valence-electron chi connectivity index (χ4n) is 1.87. The van der Waals surface area contributed by atoms with Gasteiger partial charge in [-0.1, -0.05) is 0 Å². The molecule has 2 aromatic rings. The van der Waals surface area contributed by atoms with Crippen LogP contribution >= 0.6 is 11.3 Å². The van der Waals surface area contributed by atoms with Gasteiger partial charge in [0.1, 0.15) is 5.76 Å². The highest BCUT2D eigenvalue weighted by Crippen LogP contribution is 2.25. The van der Waals surface area contributed by atoms with Gasteiger partial charge >= 0.3 is 0 Å². The third-order valence-electron chi connectivity index (χ3n) is 3.02. The second-order valence-electron chi connectivity index (χ2n) is 4.26. The number of rotatable bonds is 4. The van der Waals surface area contributed by atoms with Crippen LogP contribution in [0, 0.1) is 20.8 Å². The van der Waals surface area contributed by atoms with Crippen molar-refractivity contribution in [3.05, 3.63) is 39.2 Å². The molecule has 0 aliphatic rings. The number of hydrogen-bond donors (Lipinski definition) is 1. The molecule has 3 nitrogen and oxygen atoms in total. The predicted octanol–water partition coefficient (Wildman–Crippen LogP) is 3.16. The average molecular weight is 250 g/mol. The summed E-state index contributed by atoms with van der Waals surface area (Å²) in [6.45, 7) is 6.24. The van der Waals surface area contributed by atoms with Gasteiger partial charge in [0, 0.05) is 11.3 Å². The van der Waals surface area contributed by atoms with E-state index in [4.69, 9.17) is 4.42 Å². The second kappa shape index (κ2) is 5.02. The van der Waals surface area contributed by atoms with Crippen molar-refractivity contribution >= 4 is 11.3 Å². The molecule has 92 valence electrons. The number of nitrogens with zero attached hydrogens (tertiary/aromatic N) is 1. The average Bonchev–Trinajstić information content (AvgIpc) is 2.83. The first-order valence-corrected chi connectivity index (χ1v) is 6.57. The molecule has 0 fully saturated rings. The Kier molecular flexibility index (Phi) is 3.64. The lowest BCUT2D eigenvalue weighted by Gasteiger charge is -2.12. The zero-order valence-corrected chi connectivity index (χ0v) is 11.5. The summed E-state index contributed by atoms with van der Waals surface area (Å²) in [4.78, 5) is 5.87. The van der Waals surface area contributed by atoms with Gasteiger partial charge in [0.05, 0.1) is 23.0 Å². The summed E-state index contributed by atoms with van der Waals surface area (Å²) >= 11 is 1.77. The monoisotopic (exact) mass is 250 g/mol. The first-order valence-electron chi connectivity index (χ1n) is 5.76. The van der Waals surface area contributed by atoms with Crippen LogP contribution in [-0.4, -0.2) is 12.0 Å². The molecule has 2 rings (SSSR count). The first-order chi connectivity index (χ1) is 8.11. The molecule has 0 spiro atoms. The van der Waals surface area contributed by atoms with E-state index in [1.807, 2.05) is 13.1 Å². The van der Waals surface area contributed by atoms with E-state index in [1.165, 1.54) is 10.4 Å². The quantitative estimate of drug-likeness (QED) is 0.905. The molecule has 0 amide bonds. The van der Waals surface area contributed by atoms with Gasteiger partial charge in [0.15, 0.2) is 0 Å². The smallest absolute Gasteiger partial charge is 0.123 e. The lowest BCUT2D eigenvalue weighted by Crippen LogP contribution is -2.19. The zero-order chi connectivity index (χ0) is 12.4. The Labute approximate surface area is 106 Å². The Morgan fingerprint density at radius 1 is 1.41 bits per heavy atom. The third kappa shape index (κ3) is 2.58. The summed E-state index contributed by atoms with van der Waals surface area (Å²) in [7, 11) is 1.96. The minimum absolute atomic E-state index is 0.204. The molecular weight excluding hydrogens is 232 g/mol. The van der Waals surface area contributed by atoms with Crippen molar-refractivity contribution in [3.8, 4) is 0 Å². The van der Waals surface area contributed by atoms with E-state index in [-0.39, 0.29) is 6.04 Å². The standard InChI is InChI=1S/C13H18N2OS/c1-8-5-6-16-13(8)11(14-4)7-12-15-9(2)10(3)17-12/h5-6,11,14H,7H2,1-4H3. The summed E-state index contributed by atoms with van der Waals surface area (Å²) in [6.07, 6.45) is 2.62. The van der Waals surface area contributed by atoms with Gasteiger partial charge in [-0.05, 0) is 39.4 Å². The summed E-state index contributed by atoms with van der Waals surface area (Å²) < 4.78 is 5.54. The molecule has 0 radical (unpaired) electrons. The van der Waals surface area contributed by atoms with Gasteiger partial charge in [-0.25, -0.2) is 4.98 Å². The van der Waals surface area contributed by atoms with Gasteiger partial charge in [-0.2, -0.15) is 0 Å². The van der Waals surface area contributed by atoms with E-state index in [0.29, 0.717) is 0 Å². The Morgan fingerprint density at radius 3 is 2.65 bits per heavy atom. The van der Waals surface area contributed by atoms with Gasteiger partial charge in [0.25, 0.3) is 0 Å². The Hall–Kier alpha value is -1.13. The highest BCUT2D eigenvalue weighted by atomic mass is 32.1. The molecule has 17 heavy (non-hydrogen) atoms. The van der Waals surface area contributed by atoms with E-state index in [1.54, 1.807) is 17.6 Å². The van der Waals surface area contributed by atoms with E-state index in [0.717, 1.165) is 22.9 Å². The molecule has 0 bridgehead atoms. The van der Waals surface area contributed by atoms with Crippen molar-refractivity contribution in [1.29, 1.82) is 0 Å². The van der Waals surface area contributed by atoms with E-state index < -0.39 is 0 Å². The summed E-state index contributed by atoms with van der Waals surface area (Å²) in [5.41, 5.74) is 2.32. The highest BCUT2D eigenvalue weighted by molar-refractivity contribution is 7.11. The molecule has 1 atom stereocenters. The van der Waals surface area contributed by atoms with Gasteiger partial charge in [-0.3, -0.25) is 0 Å². The Morgan fingerprint density at radius 2 is 2.18 bits per heavy atom. The largest absolute Gasteiger partial charge is 0.467 e. The van der Waals surface area contributed by atoms with Crippen molar-refractivity contribution in [2.75, 3.05) is 7.05 Å². The Bertz CT molecular complexity index is 482. The fraction of sp³-hybridized carbons (Fsp3) is 0.462. The molecule has 1 N–H and O–H groups in total. The van der Waals surface area contributed by atoms with Crippen molar-refractivity contribution in [1.82, 2.24) is 10.3 Å². The van der Waals surface area contributed by atoms with Crippen LogP contribution in [0.5, 0.6) is 0 Å². The summed E-state index contributed by atoms with van der Waals surface area (Å²) in [5.74, 6) is 1.01. The molecule has 0 saturated carbocycles. The van der Waals surface area contributed by atoms with Gasteiger partial charge in [-0.15, -0.1) is 11.3 Å². The molecule has 2 heterocycles. The number of nitrogens with one attached hydrogen (secondary N) is 1. The maximum Gasteiger partial charge on any atom is 0.123 e. The lowest BCUT2D eigenvalue weighted by atomic mass is 10.1. The number of hydrogen-bond acceptors (Lipinski definition) is 4. The maximum absolute atomic E-state index is 5.54. The van der Waals surface area contributed by atoms with Gasteiger partial charge < -0.3 is 9.73 Å². The topological polar surface area (TPSA) is 38.1 Å². The second-order valence-corrected chi connectivity index (χ2v) is 5.55. The molecule has 2 aromatic heterocycles. The highest BCUT2D eigenvalue weighted by Gasteiger charge is 2.17.